The number of carbonyl (C=O) groups is 2. The molecular formula is C15H25NO4. The van der Waals surface area contributed by atoms with Gasteiger partial charge in [0.1, 0.15) is 11.6 Å². The van der Waals surface area contributed by atoms with Gasteiger partial charge >= 0.3 is 12.1 Å². The second kappa shape index (κ2) is 4.37. The highest BCUT2D eigenvalue weighted by Gasteiger charge is 2.72. The van der Waals surface area contributed by atoms with Crippen molar-refractivity contribution in [1.29, 1.82) is 0 Å². The maximum absolute atomic E-state index is 11.8. The molecular weight excluding hydrogens is 258 g/mol. The van der Waals surface area contributed by atoms with Gasteiger partial charge in [-0.2, -0.15) is 0 Å². The summed E-state index contributed by atoms with van der Waals surface area (Å²) in [4.78, 5) is 23.3. The Morgan fingerprint density at radius 1 is 1.15 bits per heavy atom. The van der Waals surface area contributed by atoms with Crippen molar-refractivity contribution in [1.82, 2.24) is 5.32 Å². The van der Waals surface area contributed by atoms with Crippen molar-refractivity contribution < 1.29 is 19.4 Å². The molecule has 0 saturated heterocycles. The maximum atomic E-state index is 11.8. The molecule has 3 saturated carbocycles. The summed E-state index contributed by atoms with van der Waals surface area (Å²) in [6.45, 7) is 9.64. The summed E-state index contributed by atoms with van der Waals surface area (Å²) in [5.74, 6) is -0.395. The topological polar surface area (TPSA) is 75.6 Å². The fourth-order valence-electron chi connectivity index (χ4n) is 3.77. The predicted molar refractivity (Wildman–Crippen MR) is 74.3 cm³/mol. The SMILES string of the molecule is CC(C)C12CC([C@@H](NC(=O)OC(C)(C)C)C(=O)O)(C1)C2. The molecule has 20 heavy (non-hydrogen) atoms. The zero-order chi connectivity index (χ0) is 15.3. The van der Waals surface area contributed by atoms with Gasteiger partial charge < -0.3 is 15.2 Å². The quantitative estimate of drug-likeness (QED) is 0.832. The number of hydrogen-bond acceptors (Lipinski definition) is 3. The van der Waals surface area contributed by atoms with Gasteiger partial charge in [0.2, 0.25) is 0 Å². The minimum absolute atomic E-state index is 0.257. The first kappa shape index (κ1) is 15.1. The van der Waals surface area contributed by atoms with Gasteiger partial charge in [-0.1, -0.05) is 13.8 Å². The molecule has 2 N–H and O–H groups in total. The van der Waals surface area contributed by atoms with Crippen LogP contribution in [0.2, 0.25) is 0 Å². The Hall–Kier alpha value is -1.26. The molecule has 3 fully saturated rings. The molecule has 1 atom stereocenters. The van der Waals surface area contributed by atoms with E-state index in [0.29, 0.717) is 11.3 Å². The molecule has 2 bridgehead atoms. The number of aliphatic carboxylic acids is 1. The van der Waals surface area contributed by atoms with Gasteiger partial charge in [-0.25, -0.2) is 9.59 Å². The van der Waals surface area contributed by atoms with Crippen molar-refractivity contribution in [3.05, 3.63) is 0 Å². The fourth-order valence-corrected chi connectivity index (χ4v) is 3.77. The van der Waals surface area contributed by atoms with Gasteiger partial charge in [-0.05, 0) is 51.4 Å². The third-order valence-corrected chi connectivity index (χ3v) is 4.86. The zero-order valence-electron chi connectivity index (χ0n) is 12.9. The van der Waals surface area contributed by atoms with Gasteiger partial charge in [-0.3, -0.25) is 0 Å². The molecule has 0 aromatic heterocycles. The Morgan fingerprint density at radius 2 is 1.65 bits per heavy atom. The van der Waals surface area contributed by atoms with Crippen LogP contribution >= 0.6 is 0 Å². The van der Waals surface area contributed by atoms with Crippen LogP contribution in [0.15, 0.2) is 0 Å². The summed E-state index contributed by atoms with van der Waals surface area (Å²) >= 11 is 0. The summed E-state index contributed by atoms with van der Waals surface area (Å²) < 4.78 is 5.16. The Kier molecular flexibility index (Phi) is 3.30. The molecule has 5 nitrogen and oxygen atoms in total. The van der Waals surface area contributed by atoms with E-state index in [1.54, 1.807) is 20.8 Å². The highest BCUT2D eigenvalue weighted by Crippen LogP contribution is 2.77. The summed E-state index contributed by atoms with van der Waals surface area (Å²) in [5.41, 5.74) is -0.567. The largest absolute Gasteiger partial charge is 0.480 e. The van der Waals surface area contributed by atoms with Crippen LogP contribution in [-0.2, 0) is 9.53 Å². The van der Waals surface area contributed by atoms with E-state index < -0.39 is 23.7 Å². The van der Waals surface area contributed by atoms with E-state index in [1.807, 2.05) is 0 Å². The molecule has 3 rings (SSSR count). The number of carbonyl (C=O) groups excluding carboxylic acids is 1. The van der Waals surface area contributed by atoms with Crippen molar-refractivity contribution in [3.63, 3.8) is 0 Å². The first-order valence-corrected chi connectivity index (χ1v) is 7.22. The number of carboxylic acid groups (broad SMARTS) is 1. The average molecular weight is 283 g/mol. The third-order valence-electron chi connectivity index (χ3n) is 4.86. The van der Waals surface area contributed by atoms with Gasteiger partial charge in [-0.15, -0.1) is 0 Å². The molecule has 0 unspecified atom stereocenters. The highest BCUT2D eigenvalue weighted by molar-refractivity contribution is 5.81. The van der Waals surface area contributed by atoms with Crippen LogP contribution in [0.3, 0.4) is 0 Å². The fraction of sp³-hybridized carbons (Fsp3) is 0.867. The standard InChI is InChI=1S/C15H25NO4/c1-9(2)14-6-15(7-14,8-14)10(11(17)18)16-12(19)20-13(3,4)5/h9-10H,6-8H2,1-5H3,(H,16,19)(H,17,18)/t10-,14?,15?/m0/s1. The highest BCUT2D eigenvalue weighted by atomic mass is 16.6. The molecule has 0 spiro atoms. The third kappa shape index (κ3) is 2.38. The Bertz CT molecular complexity index is 416. The lowest BCUT2D eigenvalue weighted by Gasteiger charge is -2.74. The number of carboxylic acids is 1. The monoisotopic (exact) mass is 283 g/mol. The van der Waals surface area contributed by atoms with Crippen LogP contribution in [0.25, 0.3) is 0 Å². The van der Waals surface area contributed by atoms with Gasteiger partial charge in [0, 0.05) is 5.41 Å². The number of nitrogens with one attached hydrogen (secondary N) is 1. The number of alkyl carbamates (subject to hydrolysis) is 1. The summed E-state index contributed by atoms with van der Waals surface area (Å²) in [7, 11) is 0. The molecule has 114 valence electrons. The van der Waals surface area contributed by atoms with Crippen molar-refractivity contribution >= 4 is 12.1 Å². The summed E-state index contributed by atoms with van der Waals surface area (Å²) in [5, 5.41) is 11.9. The van der Waals surface area contributed by atoms with Crippen LogP contribution in [0, 0.1) is 16.7 Å². The van der Waals surface area contributed by atoms with E-state index in [4.69, 9.17) is 4.74 Å². The second-order valence-electron chi connectivity index (χ2n) is 7.83. The average Bonchev–Trinajstić information content (AvgIpc) is 2.07. The molecule has 1 amide bonds. The van der Waals surface area contributed by atoms with Crippen molar-refractivity contribution in [3.8, 4) is 0 Å². The number of ether oxygens (including phenoxy) is 1. The van der Waals surface area contributed by atoms with Crippen LogP contribution in [-0.4, -0.2) is 28.8 Å². The van der Waals surface area contributed by atoms with Crippen LogP contribution < -0.4 is 5.32 Å². The first-order valence-electron chi connectivity index (χ1n) is 7.22. The Balaban J connectivity index is 1.98. The van der Waals surface area contributed by atoms with Gasteiger partial charge in [0.25, 0.3) is 0 Å². The maximum Gasteiger partial charge on any atom is 0.408 e. The van der Waals surface area contributed by atoms with Gasteiger partial charge in [0.15, 0.2) is 0 Å². The first-order chi connectivity index (χ1) is 9.00. The van der Waals surface area contributed by atoms with E-state index in [9.17, 15) is 14.7 Å². The van der Waals surface area contributed by atoms with E-state index in [2.05, 4.69) is 19.2 Å². The smallest absolute Gasteiger partial charge is 0.408 e. The molecule has 0 aromatic rings. The van der Waals surface area contributed by atoms with Crippen molar-refractivity contribution in [2.75, 3.05) is 0 Å². The molecule has 3 aliphatic carbocycles. The van der Waals surface area contributed by atoms with E-state index in [1.165, 1.54) is 0 Å². The minimum atomic E-state index is -0.965. The minimum Gasteiger partial charge on any atom is -0.480 e. The lowest BCUT2D eigenvalue weighted by Crippen LogP contribution is -2.73. The number of hydrogen-bond donors (Lipinski definition) is 2. The summed E-state index contributed by atoms with van der Waals surface area (Å²) in [6, 6.07) is -0.835. The van der Waals surface area contributed by atoms with Crippen molar-refractivity contribution in [2.45, 2.75) is 65.5 Å². The second-order valence-corrected chi connectivity index (χ2v) is 7.83. The molecule has 5 heteroatoms. The van der Waals surface area contributed by atoms with Gasteiger partial charge in [0.05, 0.1) is 0 Å². The summed E-state index contributed by atoms with van der Waals surface area (Å²) in [6.07, 6.45) is 2.03. The molecule has 0 aromatic carbocycles. The normalized spacial score (nSPS) is 32.9. The zero-order valence-corrected chi connectivity index (χ0v) is 12.9. The predicted octanol–water partition coefficient (Wildman–Crippen LogP) is 2.79. The Labute approximate surface area is 120 Å². The molecule has 0 heterocycles. The van der Waals surface area contributed by atoms with Crippen LogP contribution in [0.4, 0.5) is 4.79 Å². The lowest BCUT2D eigenvalue weighted by atomic mass is 9.30. The number of rotatable bonds is 4. The van der Waals surface area contributed by atoms with Crippen LogP contribution in [0.1, 0.15) is 53.9 Å². The molecule has 0 radical (unpaired) electrons. The van der Waals surface area contributed by atoms with E-state index >= 15 is 0 Å². The molecule has 3 aliphatic rings. The van der Waals surface area contributed by atoms with Crippen LogP contribution in [0.5, 0.6) is 0 Å². The lowest BCUT2D eigenvalue weighted by molar-refractivity contribution is -0.245. The van der Waals surface area contributed by atoms with E-state index in [0.717, 1.165) is 19.3 Å². The van der Waals surface area contributed by atoms with Crippen molar-refractivity contribution in [2.24, 2.45) is 16.7 Å². The Morgan fingerprint density at radius 3 is 2.00 bits per heavy atom. The van der Waals surface area contributed by atoms with E-state index in [-0.39, 0.29) is 5.41 Å². The number of amides is 1. The molecule has 0 aliphatic heterocycles.